The minimum Gasteiger partial charge on any atom is -0.455 e. The van der Waals surface area contributed by atoms with E-state index in [4.69, 9.17) is 4.74 Å². The van der Waals surface area contributed by atoms with Gasteiger partial charge >= 0.3 is 12.2 Å². The van der Waals surface area contributed by atoms with Crippen LogP contribution in [0.25, 0.3) is 0 Å². The van der Waals surface area contributed by atoms with Crippen molar-refractivity contribution in [2.75, 3.05) is 18.4 Å². The number of alkyl halides is 3. The summed E-state index contributed by atoms with van der Waals surface area (Å²) < 4.78 is 44.4. The number of benzene rings is 1. The smallest absolute Gasteiger partial charge is 0.393 e. The summed E-state index contributed by atoms with van der Waals surface area (Å²) in [7, 11) is 0. The van der Waals surface area contributed by atoms with Gasteiger partial charge in [-0.3, -0.25) is 4.98 Å². The van der Waals surface area contributed by atoms with Gasteiger partial charge in [0, 0.05) is 25.0 Å². The normalized spacial score (nSPS) is 17.5. The van der Waals surface area contributed by atoms with Gasteiger partial charge in [0.15, 0.2) is 0 Å². The van der Waals surface area contributed by atoms with E-state index in [0.717, 1.165) is 5.56 Å². The number of hydrogen-bond donors (Lipinski definition) is 1. The number of anilines is 1. The van der Waals surface area contributed by atoms with E-state index in [1.54, 1.807) is 42.7 Å². The molecule has 2 aromatic rings. The second kappa shape index (κ2) is 7.85. The van der Waals surface area contributed by atoms with Crippen molar-refractivity contribution in [3.8, 4) is 11.5 Å². The van der Waals surface area contributed by atoms with Gasteiger partial charge in [-0.25, -0.2) is 4.79 Å². The number of nitrogens with zero attached hydrogens (tertiary/aromatic N) is 2. The fraction of sp³-hybridized carbons (Fsp3) is 0.368. The first-order valence-electron chi connectivity index (χ1n) is 8.64. The first-order chi connectivity index (χ1) is 12.8. The van der Waals surface area contributed by atoms with Crippen LogP contribution in [0.15, 0.2) is 42.7 Å². The van der Waals surface area contributed by atoms with E-state index < -0.39 is 18.1 Å². The number of carbonyl (C=O) groups excluding carboxylic acids is 1. The maximum absolute atomic E-state index is 12.9. The Kier molecular flexibility index (Phi) is 5.53. The number of ether oxygens (including phenoxy) is 1. The molecule has 0 radical (unpaired) electrons. The zero-order valence-corrected chi connectivity index (χ0v) is 14.8. The van der Waals surface area contributed by atoms with E-state index >= 15 is 0 Å². The lowest BCUT2D eigenvalue weighted by atomic mass is 9.98. The number of halogens is 3. The van der Waals surface area contributed by atoms with Gasteiger partial charge < -0.3 is 15.0 Å². The van der Waals surface area contributed by atoms with Crippen LogP contribution in [0.2, 0.25) is 0 Å². The van der Waals surface area contributed by atoms with Crippen molar-refractivity contribution in [1.82, 2.24) is 9.88 Å². The Labute approximate surface area is 155 Å². The van der Waals surface area contributed by atoms with Crippen molar-refractivity contribution < 1.29 is 22.7 Å². The molecule has 2 heterocycles. The molecule has 1 aliphatic heterocycles. The van der Waals surface area contributed by atoms with Crippen LogP contribution < -0.4 is 10.1 Å². The Morgan fingerprint density at radius 1 is 1.33 bits per heavy atom. The topological polar surface area (TPSA) is 54.5 Å². The minimum absolute atomic E-state index is 0.0623. The molecule has 0 aliphatic carbocycles. The molecule has 0 bridgehead atoms. The van der Waals surface area contributed by atoms with Gasteiger partial charge in [-0.1, -0.05) is 0 Å². The minimum atomic E-state index is -4.28. The molecule has 144 valence electrons. The van der Waals surface area contributed by atoms with E-state index in [2.05, 4.69) is 10.3 Å². The maximum Gasteiger partial charge on any atom is 0.393 e. The maximum atomic E-state index is 12.9. The number of aromatic nitrogens is 1. The zero-order valence-electron chi connectivity index (χ0n) is 14.8. The fourth-order valence-corrected chi connectivity index (χ4v) is 3.01. The van der Waals surface area contributed by atoms with Gasteiger partial charge in [-0.2, -0.15) is 13.2 Å². The summed E-state index contributed by atoms with van der Waals surface area (Å²) in [5.41, 5.74) is 1.29. The lowest BCUT2D eigenvalue weighted by Gasteiger charge is -2.33. The van der Waals surface area contributed by atoms with Gasteiger partial charge in [0.05, 0.1) is 12.1 Å². The standard InChI is InChI=1S/C19H20F3N3O2/c1-13-10-15(6-7-17(13)27-16-5-2-8-23-11-16)24-18(26)25-9-3-4-14(12-25)19(20,21)22/h2,5-8,10-11,14H,3-4,9,12H2,1H3,(H,24,26)/t14-/m1/s1. The van der Waals surface area contributed by atoms with Crippen LogP contribution in [-0.2, 0) is 0 Å². The molecule has 1 aromatic carbocycles. The number of carbonyl (C=O) groups is 1. The quantitative estimate of drug-likeness (QED) is 0.818. The molecule has 27 heavy (non-hydrogen) atoms. The van der Waals surface area contributed by atoms with Crippen molar-refractivity contribution >= 4 is 11.7 Å². The Bertz CT molecular complexity index is 797. The predicted molar refractivity (Wildman–Crippen MR) is 94.9 cm³/mol. The van der Waals surface area contributed by atoms with Gasteiger partial charge in [-0.15, -0.1) is 0 Å². The van der Waals surface area contributed by atoms with Gasteiger partial charge in [-0.05, 0) is 55.7 Å². The third-order valence-corrected chi connectivity index (χ3v) is 4.46. The number of amides is 2. The highest BCUT2D eigenvalue weighted by Gasteiger charge is 2.42. The monoisotopic (exact) mass is 379 g/mol. The lowest BCUT2D eigenvalue weighted by Crippen LogP contribution is -2.46. The van der Waals surface area contributed by atoms with Crippen molar-refractivity contribution in [3.05, 3.63) is 48.3 Å². The molecule has 1 aliphatic rings. The summed E-state index contributed by atoms with van der Waals surface area (Å²) in [5, 5.41) is 2.67. The SMILES string of the molecule is Cc1cc(NC(=O)N2CCC[C@@H](C(F)(F)F)C2)ccc1Oc1cccnc1. The molecule has 5 nitrogen and oxygen atoms in total. The van der Waals surface area contributed by atoms with Crippen LogP contribution in [0, 0.1) is 12.8 Å². The molecule has 1 N–H and O–H groups in total. The molecular formula is C19H20F3N3O2. The molecule has 1 atom stereocenters. The van der Waals surface area contributed by atoms with E-state index in [1.807, 2.05) is 6.92 Å². The molecule has 1 saturated heterocycles. The van der Waals surface area contributed by atoms with E-state index in [1.165, 1.54) is 4.90 Å². The third kappa shape index (κ3) is 4.90. The fourth-order valence-electron chi connectivity index (χ4n) is 3.01. The van der Waals surface area contributed by atoms with Crippen LogP contribution in [0.5, 0.6) is 11.5 Å². The van der Waals surface area contributed by atoms with Crippen LogP contribution in [0.3, 0.4) is 0 Å². The number of piperidine rings is 1. The number of pyridine rings is 1. The summed E-state index contributed by atoms with van der Waals surface area (Å²) in [5.74, 6) is -0.269. The van der Waals surface area contributed by atoms with Crippen molar-refractivity contribution in [2.45, 2.75) is 25.9 Å². The summed E-state index contributed by atoms with van der Waals surface area (Å²) in [4.78, 5) is 17.5. The molecular weight excluding hydrogens is 359 g/mol. The second-order valence-corrected chi connectivity index (χ2v) is 6.53. The van der Waals surface area contributed by atoms with Crippen LogP contribution in [0.4, 0.5) is 23.7 Å². The van der Waals surface area contributed by atoms with Gasteiger partial charge in [0.2, 0.25) is 0 Å². The largest absolute Gasteiger partial charge is 0.455 e. The van der Waals surface area contributed by atoms with Crippen molar-refractivity contribution in [2.24, 2.45) is 5.92 Å². The molecule has 0 spiro atoms. The van der Waals surface area contributed by atoms with E-state index in [-0.39, 0.29) is 13.0 Å². The predicted octanol–water partition coefficient (Wildman–Crippen LogP) is 4.99. The van der Waals surface area contributed by atoms with Crippen LogP contribution in [0.1, 0.15) is 18.4 Å². The highest BCUT2D eigenvalue weighted by atomic mass is 19.4. The first kappa shape index (κ1) is 19.0. The summed E-state index contributed by atoms with van der Waals surface area (Å²) in [6.45, 7) is 1.83. The summed E-state index contributed by atoms with van der Waals surface area (Å²) in [6, 6.07) is 8.08. The molecule has 2 amide bonds. The molecule has 8 heteroatoms. The number of rotatable bonds is 3. The highest BCUT2D eigenvalue weighted by Crippen LogP contribution is 2.33. The summed E-state index contributed by atoms with van der Waals surface area (Å²) >= 11 is 0. The zero-order chi connectivity index (χ0) is 19.4. The Hall–Kier alpha value is -2.77. The number of hydrogen-bond acceptors (Lipinski definition) is 3. The molecule has 1 aromatic heterocycles. The second-order valence-electron chi connectivity index (χ2n) is 6.53. The molecule has 0 saturated carbocycles. The average molecular weight is 379 g/mol. The molecule has 1 fully saturated rings. The van der Waals surface area contributed by atoms with E-state index in [0.29, 0.717) is 30.2 Å². The van der Waals surface area contributed by atoms with E-state index in [9.17, 15) is 18.0 Å². The molecule has 3 rings (SSSR count). The van der Waals surface area contributed by atoms with Crippen LogP contribution in [-0.4, -0.2) is 35.2 Å². The van der Waals surface area contributed by atoms with Crippen molar-refractivity contribution in [1.29, 1.82) is 0 Å². The first-order valence-corrected chi connectivity index (χ1v) is 8.64. The number of urea groups is 1. The number of likely N-dealkylation sites (tertiary alicyclic amines) is 1. The third-order valence-electron chi connectivity index (χ3n) is 4.46. The Balaban J connectivity index is 1.63. The number of aryl methyl sites for hydroxylation is 1. The Morgan fingerprint density at radius 2 is 2.15 bits per heavy atom. The highest BCUT2D eigenvalue weighted by molar-refractivity contribution is 5.89. The Morgan fingerprint density at radius 3 is 2.81 bits per heavy atom. The van der Waals surface area contributed by atoms with Crippen LogP contribution >= 0.6 is 0 Å². The number of nitrogens with one attached hydrogen (secondary N) is 1. The van der Waals surface area contributed by atoms with Gasteiger partial charge in [0.25, 0.3) is 0 Å². The average Bonchev–Trinajstić information content (AvgIpc) is 2.64. The van der Waals surface area contributed by atoms with Gasteiger partial charge in [0.1, 0.15) is 11.5 Å². The summed E-state index contributed by atoms with van der Waals surface area (Å²) in [6.07, 6.45) is -0.646. The molecule has 0 unspecified atom stereocenters. The lowest BCUT2D eigenvalue weighted by molar-refractivity contribution is -0.183. The van der Waals surface area contributed by atoms with Crippen molar-refractivity contribution in [3.63, 3.8) is 0 Å².